The van der Waals surface area contributed by atoms with Crippen molar-refractivity contribution in [2.45, 2.75) is 29.5 Å². The Hall–Kier alpha value is -3.86. The normalized spacial score (nSPS) is 12.4. The van der Waals surface area contributed by atoms with E-state index in [0.29, 0.717) is 21.4 Å². The maximum absolute atomic E-state index is 12.6. The van der Waals surface area contributed by atoms with Gasteiger partial charge in [-0.25, -0.2) is 4.68 Å². The summed E-state index contributed by atoms with van der Waals surface area (Å²) in [6.45, 7) is 0.0884. The Bertz CT molecular complexity index is 1390. The minimum absolute atomic E-state index is 0.0884. The molecule has 0 aliphatic rings. The molecule has 1 N–H and O–H groups in total. The molecule has 4 rings (SSSR count). The summed E-state index contributed by atoms with van der Waals surface area (Å²) in [6, 6.07) is 19.2. The number of nitrogens with zero attached hydrogens (tertiary/aromatic N) is 3. The van der Waals surface area contributed by atoms with Gasteiger partial charge >= 0.3 is 12.3 Å². The lowest BCUT2D eigenvalue weighted by atomic mass is 10.1. The van der Waals surface area contributed by atoms with Crippen LogP contribution in [0.15, 0.2) is 82.5 Å². The summed E-state index contributed by atoms with van der Waals surface area (Å²) in [6.07, 6.45) is -4.61. The molecule has 4 aromatic rings. The number of aromatic nitrogens is 3. The van der Waals surface area contributed by atoms with Gasteiger partial charge in [-0.3, -0.25) is 9.59 Å². The van der Waals surface area contributed by atoms with E-state index in [0.717, 1.165) is 22.0 Å². The first-order chi connectivity index (χ1) is 16.7. The van der Waals surface area contributed by atoms with Crippen LogP contribution in [0, 0.1) is 0 Å². The number of carboxylic acid groups (broad SMARTS) is 1. The van der Waals surface area contributed by atoms with Crippen molar-refractivity contribution in [3.63, 3.8) is 0 Å². The summed E-state index contributed by atoms with van der Waals surface area (Å²) in [5.41, 5.74) is 1.57. The van der Waals surface area contributed by atoms with Crippen LogP contribution < -0.4 is 10.3 Å². The van der Waals surface area contributed by atoms with Crippen molar-refractivity contribution in [1.29, 1.82) is 0 Å². The molecule has 35 heavy (non-hydrogen) atoms. The number of halogens is 3. The molecule has 11 heteroatoms. The van der Waals surface area contributed by atoms with Gasteiger partial charge in [0, 0.05) is 11.4 Å². The lowest BCUT2D eigenvalue weighted by Gasteiger charge is -2.13. The van der Waals surface area contributed by atoms with E-state index in [-0.39, 0.29) is 24.3 Å². The Balaban J connectivity index is 1.42. The summed E-state index contributed by atoms with van der Waals surface area (Å²) in [7, 11) is 0. The molecule has 0 aliphatic heterocycles. The van der Waals surface area contributed by atoms with Gasteiger partial charge in [0.15, 0.2) is 0 Å². The lowest BCUT2D eigenvalue weighted by Crippen LogP contribution is -2.27. The van der Waals surface area contributed by atoms with Gasteiger partial charge in [0.05, 0.1) is 5.39 Å². The van der Waals surface area contributed by atoms with Crippen molar-refractivity contribution in [2.75, 3.05) is 0 Å². The molecule has 0 spiro atoms. The monoisotopic (exact) mass is 501 g/mol. The molecule has 3 aromatic carbocycles. The van der Waals surface area contributed by atoms with Gasteiger partial charge in [-0.15, -0.1) is 30.0 Å². The zero-order chi connectivity index (χ0) is 25.0. The number of carboxylic acids is 1. The molecule has 180 valence electrons. The van der Waals surface area contributed by atoms with Crippen molar-refractivity contribution < 1.29 is 27.8 Å². The SMILES string of the molecule is O=C(O)C(CCn1nnc2ccccc2c1=O)Sc1ccc(-c2ccc(OC(F)(F)F)cc2)cc1. The van der Waals surface area contributed by atoms with Crippen molar-refractivity contribution in [2.24, 2.45) is 0 Å². The van der Waals surface area contributed by atoms with Crippen LogP contribution in [0.25, 0.3) is 22.0 Å². The van der Waals surface area contributed by atoms with Crippen molar-refractivity contribution in [3.8, 4) is 16.9 Å². The molecule has 0 saturated carbocycles. The maximum Gasteiger partial charge on any atom is 0.573 e. The molecule has 7 nitrogen and oxygen atoms in total. The minimum Gasteiger partial charge on any atom is -0.480 e. The molecule has 1 aromatic heterocycles. The van der Waals surface area contributed by atoms with E-state index in [1.807, 2.05) is 0 Å². The van der Waals surface area contributed by atoms with Crippen LogP contribution in [0.1, 0.15) is 6.42 Å². The summed E-state index contributed by atoms with van der Waals surface area (Å²) < 4.78 is 42.0. The molecule has 1 atom stereocenters. The highest BCUT2D eigenvalue weighted by atomic mass is 32.2. The van der Waals surface area contributed by atoms with Gasteiger partial charge in [0.1, 0.15) is 16.5 Å². The quantitative estimate of drug-likeness (QED) is 0.340. The molecular formula is C24H18F3N3O4S. The number of rotatable bonds is 8. The molecule has 0 amide bonds. The molecule has 0 radical (unpaired) electrons. The van der Waals surface area contributed by atoms with Crippen molar-refractivity contribution in [3.05, 3.63) is 83.2 Å². The number of fused-ring (bicyclic) bond motifs is 1. The van der Waals surface area contributed by atoms with Crippen LogP contribution in [0.5, 0.6) is 5.75 Å². The van der Waals surface area contributed by atoms with E-state index >= 15 is 0 Å². The first-order valence-electron chi connectivity index (χ1n) is 10.4. The highest BCUT2D eigenvalue weighted by Gasteiger charge is 2.31. The smallest absolute Gasteiger partial charge is 0.480 e. The first-order valence-corrected chi connectivity index (χ1v) is 11.3. The van der Waals surface area contributed by atoms with Crippen LogP contribution in [0.2, 0.25) is 0 Å². The predicted molar refractivity (Wildman–Crippen MR) is 124 cm³/mol. The summed E-state index contributed by atoms with van der Waals surface area (Å²) in [5, 5.41) is 17.1. The van der Waals surface area contributed by atoms with Crippen LogP contribution in [0.4, 0.5) is 13.2 Å². The van der Waals surface area contributed by atoms with Gasteiger partial charge in [0.25, 0.3) is 5.56 Å². The number of aliphatic carboxylic acids is 1. The number of hydrogen-bond donors (Lipinski definition) is 1. The molecule has 1 unspecified atom stereocenters. The first kappa shape index (κ1) is 24.3. The van der Waals surface area contributed by atoms with Crippen LogP contribution in [-0.4, -0.2) is 37.7 Å². The molecule has 0 fully saturated rings. The number of carbonyl (C=O) groups is 1. The Kier molecular flexibility index (Phi) is 7.06. The summed E-state index contributed by atoms with van der Waals surface area (Å²) >= 11 is 1.13. The lowest BCUT2D eigenvalue weighted by molar-refractivity contribution is -0.274. The number of hydrogen-bond acceptors (Lipinski definition) is 6. The fraction of sp³-hybridized carbons (Fsp3) is 0.167. The standard InChI is InChI=1S/C24H18F3N3O4S/c25-24(26,27)34-17-9-5-15(6-10-17)16-7-11-18(12-8-16)35-21(23(32)33)13-14-30-22(31)19-3-1-2-4-20(19)28-29-30/h1-12,21H,13-14H2,(H,32,33). The third-order valence-corrected chi connectivity index (χ3v) is 6.33. The maximum atomic E-state index is 12.6. The van der Waals surface area contributed by atoms with Crippen LogP contribution >= 0.6 is 11.8 Å². The second-order valence-corrected chi connectivity index (χ2v) is 8.74. The van der Waals surface area contributed by atoms with E-state index in [1.54, 1.807) is 48.5 Å². The number of thioether (sulfide) groups is 1. The number of alkyl halides is 3. The van der Waals surface area contributed by atoms with Crippen LogP contribution in [0.3, 0.4) is 0 Å². The molecule has 0 saturated heterocycles. The van der Waals surface area contributed by atoms with Crippen molar-refractivity contribution >= 4 is 28.6 Å². The topological polar surface area (TPSA) is 94.3 Å². The Labute approximate surface area is 201 Å². The van der Waals surface area contributed by atoms with Crippen molar-refractivity contribution in [1.82, 2.24) is 15.0 Å². The average molecular weight is 501 g/mol. The largest absolute Gasteiger partial charge is 0.573 e. The Morgan fingerprint density at radius 1 is 1.00 bits per heavy atom. The fourth-order valence-corrected chi connectivity index (χ4v) is 4.33. The van der Waals surface area contributed by atoms with E-state index < -0.39 is 17.6 Å². The highest BCUT2D eigenvalue weighted by Crippen LogP contribution is 2.30. The zero-order valence-corrected chi connectivity index (χ0v) is 18.8. The zero-order valence-electron chi connectivity index (χ0n) is 18.0. The Morgan fingerprint density at radius 3 is 2.26 bits per heavy atom. The molecule has 0 aliphatic carbocycles. The highest BCUT2D eigenvalue weighted by molar-refractivity contribution is 8.00. The second kappa shape index (κ2) is 10.2. The summed E-state index contributed by atoms with van der Waals surface area (Å²) in [5.74, 6) is -1.34. The number of ether oxygens (including phenoxy) is 1. The minimum atomic E-state index is -4.75. The predicted octanol–water partition coefficient (Wildman–Crippen LogP) is 4.99. The molecular weight excluding hydrogens is 483 g/mol. The van der Waals surface area contributed by atoms with E-state index in [1.165, 1.54) is 24.3 Å². The number of aryl methyl sites for hydroxylation is 1. The summed E-state index contributed by atoms with van der Waals surface area (Å²) in [4.78, 5) is 25.1. The van der Waals surface area contributed by atoms with Crippen LogP contribution in [-0.2, 0) is 11.3 Å². The third-order valence-electron chi connectivity index (χ3n) is 5.06. The second-order valence-electron chi connectivity index (χ2n) is 7.46. The van der Waals surface area contributed by atoms with Gasteiger partial charge < -0.3 is 9.84 Å². The fourth-order valence-electron chi connectivity index (χ4n) is 3.38. The van der Waals surface area contributed by atoms with E-state index in [9.17, 15) is 27.9 Å². The van der Waals surface area contributed by atoms with Gasteiger partial charge in [-0.1, -0.05) is 41.6 Å². The molecule has 0 bridgehead atoms. The van der Waals surface area contributed by atoms with E-state index in [4.69, 9.17) is 0 Å². The third kappa shape index (κ3) is 6.18. The van der Waals surface area contributed by atoms with Gasteiger partial charge in [-0.05, 0) is 53.9 Å². The van der Waals surface area contributed by atoms with E-state index in [2.05, 4.69) is 15.0 Å². The van der Waals surface area contributed by atoms with Gasteiger partial charge in [0.2, 0.25) is 0 Å². The number of benzene rings is 3. The average Bonchev–Trinajstić information content (AvgIpc) is 2.83. The molecule has 1 heterocycles. The van der Waals surface area contributed by atoms with Gasteiger partial charge in [-0.2, -0.15) is 0 Å². The Morgan fingerprint density at radius 2 is 1.63 bits per heavy atom.